The molecule has 0 spiro atoms. The molecule has 0 radical (unpaired) electrons. The van der Waals surface area contributed by atoms with Gasteiger partial charge in [-0.1, -0.05) is 0 Å². The first-order chi connectivity index (χ1) is 11.0. The molecule has 1 heterocycles. The number of furan rings is 1. The first-order valence-electron chi connectivity index (χ1n) is 7.17. The fraction of sp³-hybridized carbons (Fsp3) is 0.312. The molecule has 23 heavy (non-hydrogen) atoms. The van der Waals surface area contributed by atoms with Crippen molar-refractivity contribution < 1.29 is 18.9 Å². The van der Waals surface area contributed by atoms with Crippen LogP contribution in [0.15, 0.2) is 41.0 Å². The van der Waals surface area contributed by atoms with Gasteiger partial charge in [-0.15, -0.1) is 0 Å². The van der Waals surface area contributed by atoms with E-state index in [2.05, 4.69) is 5.32 Å². The van der Waals surface area contributed by atoms with Gasteiger partial charge in [0.2, 0.25) is 0 Å². The van der Waals surface area contributed by atoms with Crippen LogP contribution in [0.4, 0.5) is 5.69 Å². The molecule has 0 saturated heterocycles. The molecule has 1 N–H and O–H groups in total. The summed E-state index contributed by atoms with van der Waals surface area (Å²) in [5, 5.41) is 13.7. The third-order valence-corrected chi connectivity index (χ3v) is 3.42. The van der Waals surface area contributed by atoms with E-state index in [9.17, 15) is 14.9 Å². The second-order valence-corrected chi connectivity index (χ2v) is 5.13. The molecule has 1 unspecified atom stereocenters. The molecule has 0 aliphatic rings. The van der Waals surface area contributed by atoms with Crippen LogP contribution in [-0.4, -0.2) is 24.0 Å². The van der Waals surface area contributed by atoms with Crippen LogP contribution in [0, 0.1) is 10.1 Å². The van der Waals surface area contributed by atoms with Gasteiger partial charge in [-0.05, 0) is 31.5 Å². The lowest BCUT2D eigenvalue weighted by Gasteiger charge is -2.14. The van der Waals surface area contributed by atoms with Crippen LogP contribution in [-0.2, 0) is 6.42 Å². The number of ether oxygens (including phenoxy) is 1. The van der Waals surface area contributed by atoms with Gasteiger partial charge in [0.25, 0.3) is 11.6 Å². The van der Waals surface area contributed by atoms with Crippen molar-refractivity contribution in [2.75, 3.05) is 7.11 Å². The standard InChI is InChI=1S/C16H18N2O5/c1-11(5-7-13-4-3-9-23-13)17-16(19)14-10-12(18(20)21)6-8-15(14)22-2/h3-4,6,8-11H,5,7H2,1-2H3,(H,17,19). The SMILES string of the molecule is COc1ccc([N+](=O)[O-])cc1C(=O)NC(C)CCc1ccco1. The van der Waals surface area contributed by atoms with Crippen LogP contribution in [0.25, 0.3) is 0 Å². The van der Waals surface area contributed by atoms with Crippen LogP contribution in [0.5, 0.6) is 5.75 Å². The van der Waals surface area contributed by atoms with Crippen LogP contribution >= 0.6 is 0 Å². The van der Waals surface area contributed by atoms with Crippen molar-refractivity contribution in [3.63, 3.8) is 0 Å². The minimum atomic E-state index is -0.545. The largest absolute Gasteiger partial charge is 0.496 e. The smallest absolute Gasteiger partial charge is 0.270 e. The molecule has 2 aromatic rings. The van der Waals surface area contributed by atoms with Crippen molar-refractivity contribution in [1.29, 1.82) is 0 Å². The number of carbonyl (C=O) groups is 1. The van der Waals surface area contributed by atoms with E-state index < -0.39 is 10.8 Å². The molecule has 1 atom stereocenters. The van der Waals surface area contributed by atoms with Gasteiger partial charge in [0.05, 0.1) is 23.9 Å². The fourth-order valence-corrected chi connectivity index (χ4v) is 2.17. The van der Waals surface area contributed by atoms with Crippen LogP contribution in [0.3, 0.4) is 0 Å². The Balaban J connectivity index is 2.04. The number of nitro groups is 1. The molecule has 7 heteroatoms. The van der Waals surface area contributed by atoms with Gasteiger partial charge in [-0.25, -0.2) is 0 Å². The molecule has 122 valence electrons. The van der Waals surface area contributed by atoms with Crippen molar-refractivity contribution in [3.05, 3.63) is 58.0 Å². The molecule has 7 nitrogen and oxygen atoms in total. The van der Waals surface area contributed by atoms with Crippen molar-refractivity contribution in [2.24, 2.45) is 0 Å². The summed E-state index contributed by atoms with van der Waals surface area (Å²) in [5.74, 6) is 0.739. The van der Waals surface area contributed by atoms with Gasteiger partial charge < -0.3 is 14.5 Å². The van der Waals surface area contributed by atoms with Gasteiger partial charge in [-0.3, -0.25) is 14.9 Å². The zero-order chi connectivity index (χ0) is 16.8. The van der Waals surface area contributed by atoms with E-state index in [0.29, 0.717) is 18.6 Å². The lowest BCUT2D eigenvalue weighted by atomic mass is 10.1. The molecule has 0 fully saturated rings. The summed E-state index contributed by atoms with van der Waals surface area (Å²) < 4.78 is 10.3. The predicted molar refractivity (Wildman–Crippen MR) is 83.6 cm³/mol. The van der Waals surface area contributed by atoms with Gasteiger partial charge in [0.15, 0.2) is 0 Å². The summed E-state index contributed by atoms with van der Waals surface area (Å²) in [7, 11) is 1.41. The molecule has 0 aliphatic carbocycles. The second kappa shape index (κ2) is 7.44. The number of hydrogen-bond donors (Lipinski definition) is 1. The first kappa shape index (κ1) is 16.5. The molecule has 1 amide bonds. The van der Waals surface area contributed by atoms with Gasteiger partial charge >= 0.3 is 0 Å². The summed E-state index contributed by atoms with van der Waals surface area (Å²) in [4.78, 5) is 22.6. The number of hydrogen-bond acceptors (Lipinski definition) is 5. The average Bonchev–Trinajstić information content (AvgIpc) is 3.05. The number of nitrogens with one attached hydrogen (secondary N) is 1. The van der Waals surface area contributed by atoms with E-state index in [-0.39, 0.29) is 17.3 Å². The monoisotopic (exact) mass is 318 g/mol. The zero-order valence-corrected chi connectivity index (χ0v) is 12.9. The normalized spacial score (nSPS) is 11.7. The molecular formula is C16H18N2O5. The number of amides is 1. The maximum Gasteiger partial charge on any atom is 0.270 e. The highest BCUT2D eigenvalue weighted by Crippen LogP contribution is 2.24. The Morgan fingerprint density at radius 3 is 2.83 bits per heavy atom. The van der Waals surface area contributed by atoms with E-state index in [1.807, 2.05) is 19.1 Å². The third-order valence-electron chi connectivity index (χ3n) is 3.42. The van der Waals surface area contributed by atoms with Crippen molar-refractivity contribution in [1.82, 2.24) is 5.32 Å². The Hall–Kier alpha value is -2.83. The fourth-order valence-electron chi connectivity index (χ4n) is 2.17. The predicted octanol–water partition coefficient (Wildman–Crippen LogP) is 2.95. The van der Waals surface area contributed by atoms with Gasteiger partial charge in [-0.2, -0.15) is 0 Å². The minimum absolute atomic E-state index is 0.114. The average molecular weight is 318 g/mol. The quantitative estimate of drug-likeness (QED) is 0.625. The zero-order valence-electron chi connectivity index (χ0n) is 12.9. The highest BCUT2D eigenvalue weighted by Gasteiger charge is 2.19. The topological polar surface area (TPSA) is 94.6 Å². The molecule has 0 bridgehead atoms. The summed E-state index contributed by atoms with van der Waals surface area (Å²) in [6.07, 6.45) is 2.99. The Morgan fingerprint density at radius 1 is 1.43 bits per heavy atom. The maximum atomic E-state index is 12.3. The first-order valence-corrected chi connectivity index (χ1v) is 7.17. The Morgan fingerprint density at radius 2 is 2.22 bits per heavy atom. The number of nitrogens with zero attached hydrogens (tertiary/aromatic N) is 1. The second-order valence-electron chi connectivity index (χ2n) is 5.13. The molecular weight excluding hydrogens is 300 g/mol. The van der Waals surface area contributed by atoms with Crippen LogP contribution < -0.4 is 10.1 Å². The molecule has 0 aliphatic heterocycles. The molecule has 1 aromatic carbocycles. The summed E-state index contributed by atoms with van der Waals surface area (Å²) in [6, 6.07) is 7.51. The van der Waals surface area contributed by atoms with E-state index >= 15 is 0 Å². The Labute approximate surface area is 133 Å². The van der Waals surface area contributed by atoms with Crippen molar-refractivity contribution >= 4 is 11.6 Å². The number of aryl methyl sites for hydroxylation is 1. The summed E-state index contributed by atoms with van der Waals surface area (Å²) >= 11 is 0. The van der Waals surface area contributed by atoms with Crippen LogP contribution in [0.1, 0.15) is 29.5 Å². The third kappa shape index (κ3) is 4.32. The van der Waals surface area contributed by atoms with Gasteiger partial charge in [0.1, 0.15) is 11.5 Å². The van der Waals surface area contributed by atoms with E-state index in [1.54, 1.807) is 6.26 Å². The lowest BCUT2D eigenvalue weighted by molar-refractivity contribution is -0.384. The summed E-state index contributed by atoms with van der Waals surface area (Å²) in [6.45, 7) is 1.87. The number of non-ortho nitro benzene ring substituents is 1. The highest BCUT2D eigenvalue weighted by atomic mass is 16.6. The number of nitro benzene ring substituents is 1. The van der Waals surface area contributed by atoms with Crippen molar-refractivity contribution in [3.8, 4) is 5.75 Å². The summed E-state index contributed by atoms with van der Waals surface area (Å²) in [5.41, 5.74) is -0.00858. The number of carbonyl (C=O) groups excluding carboxylic acids is 1. The minimum Gasteiger partial charge on any atom is -0.496 e. The van der Waals surface area contributed by atoms with Crippen LogP contribution in [0.2, 0.25) is 0 Å². The van der Waals surface area contributed by atoms with E-state index in [0.717, 1.165) is 5.76 Å². The highest BCUT2D eigenvalue weighted by molar-refractivity contribution is 5.97. The molecule has 0 saturated carbocycles. The number of benzene rings is 1. The molecule has 2 rings (SSSR count). The lowest BCUT2D eigenvalue weighted by Crippen LogP contribution is -2.33. The van der Waals surface area contributed by atoms with E-state index in [4.69, 9.17) is 9.15 Å². The Bertz CT molecular complexity index is 682. The van der Waals surface area contributed by atoms with Gasteiger partial charge in [0, 0.05) is 24.6 Å². The Kier molecular flexibility index (Phi) is 5.35. The number of rotatable bonds is 7. The van der Waals surface area contributed by atoms with Crippen molar-refractivity contribution in [2.45, 2.75) is 25.8 Å². The maximum absolute atomic E-state index is 12.3. The van der Waals surface area contributed by atoms with E-state index in [1.165, 1.54) is 25.3 Å². The number of methoxy groups -OCH3 is 1. The molecule has 1 aromatic heterocycles.